The van der Waals surface area contributed by atoms with Crippen LogP contribution in [0.5, 0.6) is 5.88 Å². The first kappa shape index (κ1) is 13.5. The van der Waals surface area contributed by atoms with Crippen LogP contribution in [0.2, 0.25) is 0 Å². The molecule has 1 aliphatic heterocycles. The highest BCUT2D eigenvalue weighted by Crippen LogP contribution is 2.31. The number of methoxy groups -OCH3 is 1. The van der Waals surface area contributed by atoms with Crippen molar-refractivity contribution in [3.8, 4) is 5.88 Å². The number of likely N-dealkylation sites (tertiary alicyclic amines) is 1. The van der Waals surface area contributed by atoms with Crippen molar-refractivity contribution in [3.05, 3.63) is 29.5 Å². The smallest absolute Gasteiger partial charge is 0.274 e. The molecular weight excluding hydrogens is 274 g/mol. The fourth-order valence-corrected chi connectivity index (χ4v) is 2.42. The summed E-state index contributed by atoms with van der Waals surface area (Å²) < 4.78 is 9.93. The van der Waals surface area contributed by atoms with Crippen molar-refractivity contribution in [2.45, 2.75) is 25.8 Å². The molecule has 1 aliphatic rings. The summed E-state index contributed by atoms with van der Waals surface area (Å²) >= 11 is 0. The van der Waals surface area contributed by atoms with Crippen LogP contribution in [-0.4, -0.2) is 44.8 Å². The summed E-state index contributed by atoms with van der Waals surface area (Å²) in [7, 11) is 1.50. The van der Waals surface area contributed by atoms with E-state index in [2.05, 4.69) is 20.3 Å². The largest absolute Gasteiger partial charge is 0.480 e. The van der Waals surface area contributed by atoms with E-state index < -0.39 is 0 Å². The predicted molar refractivity (Wildman–Crippen MR) is 70.6 cm³/mol. The van der Waals surface area contributed by atoms with Gasteiger partial charge in [0, 0.05) is 19.5 Å². The summed E-state index contributed by atoms with van der Waals surface area (Å²) in [5.41, 5.74) is 0.280. The van der Waals surface area contributed by atoms with Gasteiger partial charge in [-0.2, -0.15) is 4.98 Å². The van der Waals surface area contributed by atoms with Crippen LogP contribution in [0.15, 0.2) is 16.7 Å². The molecule has 8 nitrogen and oxygen atoms in total. The van der Waals surface area contributed by atoms with Gasteiger partial charge in [0.05, 0.1) is 13.2 Å². The van der Waals surface area contributed by atoms with E-state index >= 15 is 0 Å². The van der Waals surface area contributed by atoms with Gasteiger partial charge < -0.3 is 14.2 Å². The van der Waals surface area contributed by atoms with E-state index in [1.165, 1.54) is 7.11 Å². The second-order valence-corrected chi connectivity index (χ2v) is 4.79. The van der Waals surface area contributed by atoms with Crippen LogP contribution >= 0.6 is 0 Å². The highest BCUT2D eigenvalue weighted by atomic mass is 16.5. The molecule has 21 heavy (non-hydrogen) atoms. The van der Waals surface area contributed by atoms with Crippen LogP contribution in [0.25, 0.3) is 0 Å². The molecule has 1 amide bonds. The van der Waals surface area contributed by atoms with Crippen molar-refractivity contribution in [2.24, 2.45) is 0 Å². The Hall–Kier alpha value is -2.51. The number of aromatic nitrogens is 4. The lowest BCUT2D eigenvalue weighted by Crippen LogP contribution is -2.31. The Morgan fingerprint density at radius 3 is 2.90 bits per heavy atom. The van der Waals surface area contributed by atoms with E-state index in [1.807, 2.05) is 0 Å². The van der Waals surface area contributed by atoms with Crippen LogP contribution in [0, 0.1) is 6.92 Å². The number of hydrogen-bond donors (Lipinski definition) is 0. The standard InChI is InChI=1S/C13H15N5O3/c1-8-14-12(17-21-8)10-4-3-7-18(10)13(19)9-5-6-11(20-2)16-15-9/h5-6,10H,3-4,7H2,1-2H3. The minimum atomic E-state index is -0.185. The van der Waals surface area contributed by atoms with Gasteiger partial charge in [0.25, 0.3) is 5.91 Å². The summed E-state index contributed by atoms with van der Waals surface area (Å²) in [4.78, 5) is 18.5. The first-order valence-electron chi connectivity index (χ1n) is 6.68. The fourth-order valence-electron chi connectivity index (χ4n) is 2.42. The number of rotatable bonds is 3. The highest BCUT2D eigenvalue weighted by Gasteiger charge is 2.34. The third-order valence-corrected chi connectivity index (χ3v) is 3.42. The number of amides is 1. The lowest BCUT2D eigenvalue weighted by molar-refractivity contribution is 0.0721. The third-order valence-electron chi connectivity index (χ3n) is 3.42. The molecular formula is C13H15N5O3. The number of carbonyl (C=O) groups is 1. The Labute approximate surface area is 121 Å². The Morgan fingerprint density at radius 2 is 2.29 bits per heavy atom. The maximum absolute atomic E-state index is 12.5. The molecule has 1 saturated heterocycles. The van der Waals surface area contributed by atoms with Crippen molar-refractivity contribution in [1.29, 1.82) is 0 Å². The lowest BCUT2D eigenvalue weighted by atomic mass is 10.2. The summed E-state index contributed by atoms with van der Waals surface area (Å²) in [5.74, 6) is 1.22. The van der Waals surface area contributed by atoms with E-state index in [0.29, 0.717) is 24.1 Å². The van der Waals surface area contributed by atoms with Gasteiger partial charge in [-0.05, 0) is 18.9 Å². The van der Waals surface area contributed by atoms with Crippen molar-refractivity contribution in [3.63, 3.8) is 0 Å². The van der Waals surface area contributed by atoms with Gasteiger partial charge in [-0.3, -0.25) is 4.79 Å². The molecule has 3 heterocycles. The SMILES string of the molecule is COc1ccc(C(=O)N2CCCC2c2noc(C)n2)nn1. The number of carbonyl (C=O) groups excluding carboxylic acids is 1. The van der Waals surface area contributed by atoms with Crippen LogP contribution in [0.3, 0.4) is 0 Å². The van der Waals surface area contributed by atoms with E-state index in [0.717, 1.165) is 12.8 Å². The molecule has 0 spiro atoms. The average molecular weight is 289 g/mol. The van der Waals surface area contributed by atoms with E-state index in [4.69, 9.17) is 9.26 Å². The Balaban J connectivity index is 1.82. The first-order valence-corrected chi connectivity index (χ1v) is 6.68. The maximum atomic E-state index is 12.5. The van der Waals surface area contributed by atoms with Crippen LogP contribution in [0.4, 0.5) is 0 Å². The zero-order valence-electron chi connectivity index (χ0n) is 11.8. The van der Waals surface area contributed by atoms with Crippen molar-refractivity contribution in [2.75, 3.05) is 13.7 Å². The molecule has 1 fully saturated rings. The molecule has 0 aliphatic carbocycles. The fraction of sp³-hybridized carbons (Fsp3) is 0.462. The summed E-state index contributed by atoms with van der Waals surface area (Å²) in [6.45, 7) is 2.37. The highest BCUT2D eigenvalue weighted by molar-refractivity contribution is 5.92. The maximum Gasteiger partial charge on any atom is 0.274 e. The molecule has 8 heteroatoms. The molecule has 0 N–H and O–H groups in total. The van der Waals surface area contributed by atoms with Gasteiger partial charge in [-0.15, -0.1) is 10.2 Å². The zero-order chi connectivity index (χ0) is 14.8. The van der Waals surface area contributed by atoms with E-state index in [9.17, 15) is 4.79 Å². The van der Waals surface area contributed by atoms with Gasteiger partial charge in [0.1, 0.15) is 0 Å². The molecule has 1 unspecified atom stereocenters. The zero-order valence-corrected chi connectivity index (χ0v) is 11.8. The Kier molecular flexibility index (Phi) is 3.51. The number of hydrogen-bond acceptors (Lipinski definition) is 7. The molecule has 2 aromatic heterocycles. The topological polar surface area (TPSA) is 94.2 Å². The third kappa shape index (κ3) is 2.56. The molecule has 0 bridgehead atoms. The monoisotopic (exact) mass is 289 g/mol. The second kappa shape index (κ2) is 5.47. The summed E-state index contributed by atoms with van der Waals surface area (Å²) in [6, 6.07) is 3.05. The van der Waals surface area contributed by atoms with Crippen LogP contribution < -0.4 is 4.74 Å². The summed E-state index contributed by atoms with van der Waals surface area (Å²) in [6.07, 6.45) is 1.71. The molecule has 0 saturated carbocycles. The van der Waals surface area contributed by atoms with Crippen LogP contribution in [-0.2, 0) is 0 Å². The van der Waals surface area contributed by atoms with Gasteiger partial charge in [0.15, 0.2) is 11.5 Å². The average Bonchev–Trinajstić information content (AvgIpc) is 3.15. The number of nitrogens with zero attached hydrogens (tertiary/aromatic N) is 5. The quantitative estimate of drug-likeness (QED) is 0.836. The predicted octanol–water partition coefficient (Wildman–Crippen LogP) is 1.15. The first-order chi connectivity index (χ1) is 10.2. The molecule has 3 rings (SSSR count). The summed E-state index contributed by atoms with van der Waals surface area (Å²) in [5, 5.41) is 11.6. The normalized spacial score (nSPS) is 18.0. The molecule has 2 aromatic rings. The van der Waals surface area contributed by atoms with Gasteiger partial charge in [-0.1, -0.05) is 5.16 Å². The second-order valence-electron chi connectivity index (χ2n) is 4.79. The minimum Gasteiger partial charge on any atom is -0.480 e. The lowest BCUT2D eigenvalue weighted by Gasteiger charge is -2.21. The van der Waals surface area contributed by atoms with Crippen molar-refractivity contribution < 1.29 is 14.1 Å². The van der Waals surface area contributed by atoms with Gasteiger partial charge in [-0.25, -0.2) is 0 Å². The van der Waals surface area contributed by atoms with Crippen molar-refractivity contribution >= 4 is 5.91 Å². The van der Waals surface area contributed by atoms with Crippen LogP contribution in [0.1, 0.15) is 41.1 Å². The number of aryl methyl sites for hydroxylation is 1. The van der Waals surface area contributed by atoms with E-state index in [1.54, 1.807) is 24.0 Å². The van der Waals surface area contributed by atoms with E-state index in [-0.39, 0.29) is 17.6 Å². The van der Waals surface area contributed by atoms with Crippen molar-refractivity contribution in [1.82, 2.24) is 25.2 Å². The molecule has 0 radical (unpaired) electrons. The van der Waals surface area contributed by atoms with Gasteiger partial charge in [0.2, 0.25) is 11.8 Å². The minimum absolute atomic E-state index is 0.168. The molecule has 110 valence electrons. The molecule has 0 aromatic carbocycles. The number of ether oxygens (including phenoxy) is 1. The Morgan fingerprint density at radius 1 is 1.43 bits per heavy atom. The Bertz CT molecular complexity index is 640. The van der Waals surface area contributed by atoms with Gasteiger partial charge >= 0.3 is 0 Å². The molecule has 1 atom stereocenters.